The summed E-state index contributed by atoms with van der Waals surface area (Å²) in [7, 11) is 0. The van der Waals surface area contributed by atoms with Gasteiger partial charge in [0.25, 0.3) is 0 Å². The standard InChI is InChI=1S/C18H15GeO.C10H9NO.Al/c20-19(16-10-4-1-5-11-16,17-12-6-2-7-13-17)18-14-8-3-9-15-18;1-7-5-6-8-3-2-4-9(12)10(8)11-7;/h1-15H;2-6,12H,1H3;/q-1;;+2/p-1. The zero-order valence-corrected chi connectivity index (χ0v) is 21.6. The van der Waals surface area contributed by atoms with Crippen LogP contribution in [0.5, 0.6) is 5.75 Å². The first-order chi connectivity index (χ1) is 16.3. The van der Waals surface area contributed by atoms with Crippen LogP contribution in [0.15, 0.2) is 121 Å². The van der Waals surface area contributed by atoms with Gasteiger partial charge in [-0.05, 0) is 0 Å². The third-order valence-electron chi connectivity index (χ3n) is 5.76. The van der Waals surface area contributed by atoms with Gasteiger partial charge in [0.1, 0.15) is 0 Å². The molecule has 0 N–H and O–H groups in total. The number of para-hydroxylation sites is 1. The molecule has 33 heavy (non-hydrogen) atoms. The average molecular weight is 505 g/mol. The third kappa shape index (κ3) is 4.48. The molecule has 0 unspecified atom stereocenters. The number of nitrogens with zero attached hydrogens (tertiary/aromatic N) is 1. The monoisotopic (exact) mass is 506 g/mol. The number of benzene rings is 4. The van der Waals surface area contributed by atoms with E-state index in [1.165, 1.54) is 13.2 Å². The Labute approximate surface area is 204 Å². The number of aromatic nitrogens is 1. The Bertz CT molecular complexity index is 1250. The van der Waals surface area contributed by atoms with Crippen LogP contribution in [-0.2, 0) is 2.82 Å². The van der Waals surface area contributed by atoms with E-state index in [1.807, 2.05) is 25.1 Å². The molecule has 1 radical (unpaired) electrons. The first kappa shape index (κ1) is 21.9. The van der Waals surface area contributed by atoms with E-state index in [0.717, 1.165) is 22.3 Å². The Hall–Kier alpha value is -2.87. The van der Waals surface area contributed by atoms with Gasteiger partial charge in [0, 0.05) is 0 Å². The maximum atomic E-state index is 6.99. The predicted octanol–water partition coefficient (Wildman–Crippen LogP) is 4.14. The molecule has 0 saturated carbocycles. The number of hydrogen-bond acceptors (Lipinski definition) is 3. The Morgan fingerprint density at radius 1 is 0.606 bits per heavy atom. The maximum absolute atomic E-state index is 6.99. The van der Waals surface area contributed by atoms with Gasteiger partial charge in [-0.15, -0.1) is 0 Å². The fourth-order valence-corrected chi connectivity index (χ4v) is 15.1. The van der Waals surface area contributed by atoms with Crippen molar-refractivity contribution in [1.82, 2.24) is 4.98 Å². The first-order valence-electron chi connectivity index (χ1n) is 11.0. The van der Waals surface area contributed by atoms with E-state index >= 15 is 0 Å². The zero-order chi connectivity index (χ0) is 22.5. The number of aryl methyl sites for hydroxylation is 1. The van der Waals surface area contributed by atoms with Crippen molar-refractivity contribution in [3.05, 3.63) is 127 Å². The van der Waals surface area contributed by atoms with Gasteiger partial charge in [-0.25, -0.2) is 0 Å². The van der Waals surface area contributed by atoms with Gasteiger partial charge in [0.2, 0.25) is 0 Å². The first-order valence-corrected chi connectivity index (χ1v) is 15.9. The van der Waals surface area contributed by atoms with Crippen LogP contribution in [0.3, 0.4) is 0 Å². The third-order valence-corrected chi connectivity index (χ3v) is 16.6. The van der Waals surface area contributed by atoms with E-state index in [2.05, 4.69) is 103 Å². The predicted molar refractivity (Wildman–Crippen MR) is 138 cm³/mol. The molecule has 4 aromatic carbocycles. The van der Waals surface area contributed by atoms with E-state index in [4.69, 9.17) is 11.6 Å². The molecule has 3 nitrogen and oxygen atoms in total. The van der Waals surface area contributed by atoms with Crippen molar-refractivity contribution in [2.45, 2.75) is 6.92 Å². The minimum absolute atomic E-state index is 0.769. The molecule has 0 aliphatic heterocycles. The molecule has 159 valence electrons. The molecule has 0 aliphatic carbocycles. The van der Waals surface area contributed by atoms with Crippen molar-refractivity contribution in [1.29, 1.82) is 0 Å². The summed E-state index contributed by atoms with van der Waals surface area (Å²) in [4.78, 5) is 4.71. The Morgan fingerprint density at radius 2 is 1.15 bits per heavy atom. The van der Waals surface area contributed by atoms with Crippen LogP contribution in [0.2, 0.25) is 0 Å². The van der Waals surface area contributed by atoms with Crippen molar-refractivity contribution < 1.29 is 6.60 Å². The second-order valence-corrected chi connectivity index (χ2v) is 16.5. The quantitative estimate of drug-likeness (QED) is 0.312. The summed E-state index contributed by atoms with van der Waals surface area (Å²) in [6.07, 6.45) is 0. The number of hydrogen-bond donors (Lipinski definition) is 0. The summed E-state index contributed by atoms with van der Waals surface area (Å²) in [5.74, 6) is 0.775. The molecule has 1 heterocycles. The molecule has 0 atom stereocenters. The minimum atomic E-state index is -3.46. The molecule has 5 aromatic rings. The summed E-state index contributed by atoms with van der Waals surface area (Å²) in [5, 5.41) is 1.07. The fourth-order valence-electron chi connectivity index (χ4n) is 4.18. The van der Waals surface area contributed by atoms with Gasteiger partial charge >= 0.3 is 205 Å². The average Bonchev–Trinajstić information content (AvgIpc) is 2.88. The van der Waals surface area contributed by atoms with Gasteiger partial charge in [-0.1, -0.05) is 0 Å². The van der Waals surface area contributed by atoms with E-state index < -0.39 is 29.5 Å². The summed E-state index contributed by atoms with van der Waals surface area (Å²) in [6, 6.07) is 42.1. The number of rotatable bonds is 7. The Morgan fingerprint density at radius 3 is 1.70 bits per heavy atom. The summed E-state index contributed by atoms with van der Waals surface area (Å²) >= 11 is -4.23. The second kappa shape index (κ2) is 9.95. The van der Waals surface area contributed by atoms with Crippen LogP contribution in [0, 0.1) is 6.92 Å². The Balaban J connectivity index is 1.57. The molecule has 0 fully saturated rings. The van der Waals surface area contributed by atoms with Crippen LogP contribution >= 0.6 is 0 Å². The molecule has 0 amide bonds. The van der Waals surface area contributed by atoms with Crippen LogP contribution in [0.4, 0.5) is 0 Å². The van der Waals surface area contributed by atoms with Crippen LogP contribution < -0.4 is 17.0 Å². The van der Waals surface area contributed by atoms with Gasteiger partial charge in [-0.2, -0.15) is 0 Å². The van der Waals surface area contributed by atoms with Gasteiger partial charge in [0.15, 0.2) is 0 Å². The van der Waals surface area contributed by atoms with Gasteiger partial charge in [-0.3, -0.25) is 0 Å². The number of fused-ring (bicyclic) bond motifs is 1. The molecule has 0 bridgehead atoms. The van der Waals surface area contributed by atoms with Gasteiger partial charge < -0.3 is 0 Å². The second-order valence-electron chi connectivity index (χ2n) is 7.89. The van der Waals surface area contributed by atoms with Crippen molar-refractivity contribution in [2.75, 3.05) is 0 Å². The topological polar surface area (TPSA) is 31.4 Å². The summed E-state index contributed by atoms with van der Waals surface area (Å²) in [6.45, 7) is 2.00. The molecule has 5 heteroatoms. The summed E-state index contributed by atoms with van der Waals surface area (Å²) < 4.78 is 17.1. The molecule has 0 aliphatic rings. The van der Waals surface area contributed by atoms with E-state index in [0.29, 0.717) is 0 Å². The van der Waals surface area contributed by atoms with Crippen LogP contribution in [-0.4, -0.2) is 34.5 Å². The molecule has 5 rings (SSSR count). The normalized spacial score (nSPS) is 11.3. The zero-order valence-electron chi connectivity index (χ0n) is 18.4. The fraction of sp³-hybridized carbons (Fsp3) is 0.0357. The molecular formula is C28H23AlGeNO2. The van der Waals surface area contributed by atoms with Crippen LogP contribution in [0.25, 0.3) is 10.9 Å². The molecule has 0 spiro atoms. The molecular weight excluding hydrogens is 482 g/mol. The molecule has 1 aromatic heterocycles. The van der Waals surface area contributed by atoms with Gasteiger partial charge in [0.05, 0.1) is 0 Å². The van der Waals surface area contributed by atoms with Crippen LogP contribution in [0.1, 0.15) is 5.69 Å². The van der Waals surface area contributed by atoms with E-state index in [-0.39, 0.29) is 0 Å². The van der Waals surface area contributed by atoms with Crippen molar-refractivity contribution >= 4 is 53.6 Å². The van der Waals surface area contributed by atoms with Crippen molar-refractivity contribution in [2.24, 2.45) is 0 Å². The SMILES string of the molecule is Cc1ccc2cccc([O][Al][O][Ge]([c]3ccccc3)([c]3ccccc3)[c]3ccccc3)c2n1. The molecule has 0 saturated heterocycles. The number of pyridine rings is 1. The van der Waals surface area contributed by atoms with Crippen molar-refractivity contribution in [3.8, 4) is 5.75 Å². The Kier molecular flexibility index (Phi) is 6.61. The summed E-state index contributed by atoms with van der Waals surface area (Å²) in [5.41, 5.74) is 1.85. The van der Waals surface area contributed by atoms with E-state index in [1.54, 1.807) is 0 Å². The van der Waals surface area contributed by atoms with Crippen molar-refractivity contribution in [3.63, 3.8) is 0 Å². The van der Waals surface area contributed by atoms with E-state index in [9.17, 15) is 0 Å².